The van der Waals surface area contributed by atoms with E-state index in [0.717, 1.165) is 24.2 Å². The van der Waals surface area contributed by atoms with Crippen molar-refractivity contribution in [3.05, 3.63) is 47.9 Å². The summed E-state index contributed by atoms with van der Waals surface area (Å²) in [7, 11) is 0. The number of pyridine rings is 2. The second-order valence-corrected chi connectivity index (χ2v) is 7.12. The number of carboxylic acid groups (broad SMARTS) is 1. The first kappa shape index (κ1) is 17.5. The van der Waals surface area contributed by atoms with Crippen molar-refractivity contribution >= 4 is 5.97 Å². The predicted molar refractivity (Wildman–Crippen MR) is 97.6 cm³/mol. The predicted octanol–water partition coefficient (Wildman–Crippen LogP) is 3.50. The maximum Gasteiger partial charge on any atom is 0.337 e. The van der Waals surface area contributed by atoms with Gasteiger partial charge in [0.2, 0.25) is 0 Å². The fraction of sp³-hybridized carbons (Fsp3) is 0.450. The van der Waals surface area contributed by atoms with Crippen LogP contribution < -0.4 is 0 Å². The van der Waals surface area contributed by atoms with Gasteiger partial charge in [-0.25, -0.2) is 4.79 Å². The number of carboxylic acids is 1. The van der Waals surface area contributed by atoms with Gasteiger partial charge in [-0.2, -0.15) is 0 Å². The van der Waals surface area contributed by atoms with E-state index in [2.05, 4.69) is 34.8 Å². The third-order valence-corrected chi connectivity index (χ3v) is 4.91. The van der Waals surface area contributed by atoms with E-state index in [4.69, 9.17) is 5.11 Å². The van der Waals surface area contributed by atoms with Gasteiger partial charge >= 0.3 is 5.97 Å². The molecule has 0 unspecified atom stereocenters. The van der Waals surface area contributed by atoms with E-state index in [9.17, 15) is 4.79 Å². The van der Waals surface area contributed by atoms with Crippen LogP contribution in [-0.4, -0.2) is 45.1 Å². The lowest BCUT2D eigenvalue weighted by Gasteiger charge is -2.35. The monoisotopic (exact) mass is 339 g/mol. The summed E-state index contributed by atoms with van der Waals surface area (Å²) in [6, 6.07) is 6.28. The number of likely N-dealkylation sites (tertiary alicyclic amines) is 1. The van der Waals surface area contributed by atoms with E-state index in [1.165, 1.54) is 31.1 Å². The van der Waals surface area contributed by atoms with E-state index >= 15 is 0 Å². The second kappa shape index (κ2) is 7.74. The van der Waals surface area contributed by atoms with Crippen molar-refractivity contribution in [2.75, 3.05) is 13.1 Å². The Labute approximate surface area is 148 Å². The van der Waals surface area contributed by atoms with Crippen LogP contribution in [0.5, 0.6) is 0 Å². The zero-order valence-corrected chi connectivity index (χ0v) is 14.9. The smallest absolute Gasteiger partial charge is 0.337 e. The molecule has 1 atom stereocenters. The summed E-state index contributed by atoms with van der Waals surface area (Å²) in [5.74, 6) is -0.293. The Balaban J connectivity index is 1.68. The Morgan fingerprint density at radius 3 is 2.84 bits per heavy atom. The minimum Gasteiger partial charge on any atom is -0.478 e. The molecule has 132 valence electrons. The van der Waals surface area contributed by atoms with Crippen LogP contribution in [0.15, 0.2) is 36.8 Å². The SMILES string of the molecule is CC(C)N1CCC[C@@H](Cc2ccc(-c3cncc(C(=O)O)c3)nc2)C1. The normalized spacial score (nSPS) is 18.4. The van der Waals surface area contributed by atoms with Gasteiger partial charge in [-0.1, -0.05) is 6.07 Å². The van der Waals surface area contributed by atoms with Crippen LogP contribution in [0.25, 0.3) is 11.3 Å². The summed E-state index contributed by atoms with van der Waals surface area (Å²) in [6.45, 7) is 6.89. The molecule has 0 radical (unpaired) electrons. The Morgan fingerprint density at radius 1 is 1.32 bits per heavy atom. The molecule has 0 aliphatic carbocycles. The fourth-order valence-electron chi connectivity index (χ4n) is 3.48. The van der Waals surface area contributed by atoms with Crippen molar-refractivity contribution in [1.82, 2.24) is 14.9 Å². The lowest BCUT2D eigenvalue weighted by molar-refractivity contribution is 0.0696. The molecule has 2 aromatic heterocycles. The van der Waals surface area contributed by atoms with Gasteiger partial charge in [-0.3, -0.25) is 9.97 Å². The molecule has 5 nitrogen and oxygen atoms in total. The summed E-state index contributed by atoms with van der Waals surface area (Å²) in [5, 5.41) is 9.08. The summed E-state index contributed by atoms with van der Waals surface area (Å²) < 4.78 is 0. The zero-order chi connectivity index (χ0) is 17.8. The van der Waals surface area contributed by atoms with Crippen LogP contribution in [0.3, 0.4) is 0 Å². The quantitative estimate of drug-likeness (QED) is 0.903. The summed E-state index contributed by atoms with van der Waals surface area (Å²) in [6.07, 6.45) is 8.50. The highest BCUT2D eigenvalue weighted by atomic mass is 16.4. The maximum atomic E-state index is 11.1. The number of aromatic nitrogens is 2. The van der Waals surface area contributed by atoms with E-state index in [-0.39, 0.29) is 5.56 Å². The molecule has 1 aliphatic rings. The van der Waals surface area contributed by atoms with Crippen molar-refractivity contribution in [3.63, 3.8) is 0 Å². The van der Waals surface area contributed by atoms with E-state index in [1.807, 2.05) is 12.3 Å². The van der Waals surface area contributed by atoms with E-state index in [0.29, 0.717) is 12.0 Å². The van der Waals surface area contributed by atoms with E-state index < -0.39 is 5.97 Å². The molecule has 0 bridgehead atoms. The molecule has 0 amide bonds. The van der Waals surface area contributed by atoms with Crippen LogP contribution in [0.4, 0.5) is 0 Å². The molecule has 5 heteroatoms. The van der Waals surface area contributed by atoms with Gasteiger partial charge in [0.25, 0.3) is 0 Å². The van der Waals surface area contributed by atoms with Crippen LogP contribution >= 0.6 is 0 Å². The average molecular weight is 339 g/mol. The van der Waals surface area contributed by atoms with E-state index in [1.54, 1.807) is 12.3 Å². The summed E-state index contributed by atoms with van der Waals surface area (Å²) >= 11 is 0. The molecular weight excluding hydrogens is 314 g/mol. The molecule has 25 heavy (non-hydrogen) atoms. The Morgan fingerprint density at radius 2 is 2.16 bits per heavy atom. The highest BCUT2D eigenvalue weighted by Gasteiger charge is 2.21. The fourth-order valence-corrected chi connectivity index (χ4v) is 3.48. The van der Waals surface area contributed by atoms with Gasteiger partial charge in [-0.15, -0.1) is 0 Å². The average Bonchev–Trinajstić information content (AvgIpc) is 2.62. The number of hydrogen-bond acceptors (Lipinski definition) is 4. The highest BCUT2D eigenvalue weighted by Crippen LogP contribution is 2.23. The zero-order valence-electron chi connectivity index (χ0n) is 14.9. The van der Waals surface area contributed by atoms with Gasteiger partial charge < -0.3 is 10.0 Å². The van der Waals surface area contributed by atoms with Crippen molar-refractivity contribution < 1.29 is 9.90 Å². The maximum absolute atomic E-state index is 11.1. The van der Waals surface area contributed by atoms with Gasteiger partial charge in [0.05, 0.1) is 11.3 Å². The summed E-state index contributed by atoms with van der Waals surface area (Å²) in [4.78, 5) is 22.1. The largest absolute Gasteiger partial charge is 0.478 e. The number of aromatic carboxylic acids is 1. The third-order valence-electron chi connectivity index (χ3n) is 4.91. The first-order valence-electron chi connectivity index (χ1n) is 8.90. The van der Waals surface area contributed by atoms with Crippen molar-refractivity contribution in [1.29, 1.82) is 0 Å². The molecule has 3 rings (SSSR count). The Bertz CT molecular complexity index is 728. The minimum absolute atomic E-state index is 0.180. The molecule has 1 saturated heterocycles. The molecule has 1 N–H and O–H groups in total. The standard InChI is InChI=1S/C20H25N3O2/c1-14(2)23-7-3-4-16(13-23)8-15-5-6-19(22-10-15)17-9-18(20(24)25)12-21-11-17/h5-6,9-12,14,16H,3-4,7-8,13H2,1-2H3,(H,24,25)/t16-/m0/s1. The van der Waals surface area contributed by atoms with Crippen molar-refractivity contribution in [3.8, 4) is 11.3 Å². The molecule has 1 fully saturated rings. The Kier molecular flexibility index (Phi) is 5.43. The Hall–Kier alpha value is -2.27. The second-order valence-electron chi connectivity index (χ2n) is 7.12. The van der Waals surface area contributed by atoms with Crippen LogP contribution in [-0.2, 0) is 6.42 Å². The lowest BCUT2D eigenvalue weighted by Crippen LogP contribution is -2.40. The van der Waals surface area contributed by atoms with Crippen molar-refractivity contribution in [2.24, 2.45) is 5.92 Å². The molecule has 2 aromatic rings. The number of nitrogens with zero attached hydrogens (tertiary/aromatic N) is 3. The topological polar surface area (TPSA) is 66.3 Å². The van der Waals surface area contributed by atoms with Crippen molar-refractivity contribution in [2.45, 2.75) is 39.2 Å². The minimum atomic E-state index is -0.974. The molecule has 0 spiro atoms. The number of piperidine rings is 1. The van der Waals surface area contributed by atoms with Gasteiger partial charge in [0.1, 0.15) is 0 Å². The highest BCUT2D eigenvalue weighted by molar-refractivity contribution is 5.88. The van der Waals surface area contributed by atoms with Gasteiger partial charge in [0.15, 0.2) is 0 Å². The van der Waals surface area contributed by atoms with Crippen LogP contribution in [0.2, 0.25) is 0 Å². The molecule has 0 aromatic carbocycles. The first-order chi connectivity index (χ1) is 12.0. The third kappa shape index (κ3) is 4.42. The van der Waals surface area contributed by atoms with Gasteiger partial charge in [-0.05, 0) is 63.3 Å². The molecule has 0 saturated carbocycles. The molecule has 3 heterocycles. The van der Waals surface area contributed by atoms with Crippen LogP contribution in [0.1, 0.15) is 42.6 Å². The number of hydrogen-bond donors (Lipinski definition) is 1. The van der Waals surface area contributed by atoms with Crippen LogP contribution in [0, 0.1) is 5.92 Å². The lowest BCUT2D eigenvalue weighted by atomic mass is 9.91. The molecular formula is C20H25N3O2. The molecule has 1 aliphatic heterocycles. The number of rotatable bonds is 5. The number of carbonyl (C=O) groups is 1. The summed E-state index contributed by atoms with van der Waals surface area (Å²) in [5.41, 5.74) is 2.91. The first-order valence-corrected chi connectivity index (χ1v) is 8.90. The van der Waals surface area contributed by atoms with Gasteiger partial charge in [0, 0.05) is 36.7 Å².